The largest absolute Gasteiger partial charge is 0.481 e. The molecular formula is C16H16ClNO3S. The van der Waals surface area contributed by atoms with Crippen LogP contribution in [0, 0.1) is 0 Å². The Hall–Kier alpha value is -1.85. The quantitative estimate of drug-likeness (QED) is 0.849. The van der Waals surface area contributed by atoms with Crippen molar-refractivity contribution in [2.45, 2.75) is 25.8 Å². The second-order valence-corrected chi connectivity index (χ2v) is 6.41. The van der Waals surface area contributed by atoms with E-state index in [-0.39, 0.29) is 18.4 Å². The highest BCUT2D eigenvalue weighted by Crippen LogP contribution is 2.19. The van der Waals surface area contributed by atoms with Crippen LogP contribution in [0.1, 0.15) is 27.7 Å². The SMILES string of the molecule is CC(Cc1ccccc1Cl)NC(=O)c1ccsc1CC(=O)O. The molecule has 1 heterocycles. The van der Waals surface area contributed by atoms with E-state index >= 15 is 0 Å². The fraction of sp³-hybridized carbons (Fsp3) is 0.250. The van der Waals surface area contributed by atoms with E-state index in [0.29, 0.717) is 21.9 Å². The van der Waals surface area contributed by atoms with Crippen molar-refractivity contribution in [3.05, 3.63) is 56.7 Å². The van der Waals surface area contributed by atoms with Gasteiger partial charge in [0, 0.05) is 15.9 Å². The number of halogens is 1. The van der Waals surface area contributed by atoms with Gasteiger partial charge in [-0.1, -0.05) is 29.8 Å². The van der Waals surface area contributed by atoms with Crippen LogP contribution in [0.4, 0.5) is 0 Å². The van der Waals surface area contributed by atoms with E-state index in [9.17, 15) is 9.59 Å². The fourth-order valence-corrected chi connectivity index (χ4v) is 3.24. The molecule has 0 aliphatic rings. The molecular weight excluding hydrogens is 322 g/mol. The van der Waals surface area contributed by atoms with Crippen LogP contribution in [0.2, 0.25) is 5.02 Å². The number of hydrogen-bond donors (Lipinski definition) is 2. The summed E-state index contributed by atoms with van der Waals surface area (Å²) in [5.41, 5.74) is 1.39. The van der Waals surface area contributed by atoms with E-state index in [1.165, 1.54) is 11.3 Å². The molecule has 2 aromatic rings. The minimum absolute atomic E-state index is 0.107. The van der Waals surface area contributed by atoms with Crippen molar-refractivity contribution in [3.63, 3.8) is 0 Å². The van der Waals surface area contributed by atoms with Crippen molar-refractivity contribution in [2.24, 2.45) is 0 Å². The molecule has 2 rings (SSSR count). The molecule has 4 nitrogen and oxygen atoms in total. The molecule has 0 radical (unpaired) electrons. The Labute approximate surface area is 137 Å². The van der Waals surface area contributed by atoms with Crippen LogP contribution in [-0.4, -0.2) is 23.0 Å². The summed E-state index contributed by atoms with van der Waals surface area (Å²) in [6.07, 6.45) is 0.475. The van der Waals surface area contributed by atoms with E-state index in [2.05, 4.69) is 5.32 Å². The predicted octanol–water partition coefficient (Wildman–Crippen LogP) is 3.39. The summed E-state index contributed by atoms with van der Waals surface area (Å²) in [5, 5.41) is 14.1. The third kappa shape index (κ3) is 4.32. The molecule has 0 aliphatic carbocycles. The first-order valence-corrected chi connectivity index (χ1v) is 8.05. The van der Waals surface area contributed by atoms with Gasteiger partial charge in [0.25, 0.3) is 5.91 Å². The molecule has 0 saturated carbocycles. The number of hydrogen-bond acceptors (Lipinski definition) is 3. The Balaban J connectivity index is 2.01. The summed E-state index contributed by atoms with van der Waals surface area (Å²) in [4.78, 5) is 23.6. The molecule has 0 saturated heterocycles. The normalized spacial score (nSPS) is 11.9. The number of carboxylic acid groups (broad SMARTS) is 1. The van der Waals surface area contributed by atoms with Gasteiger partial charge in [0.05, 0.1) is 12.0 Å². The summed E-state index contributed by atoms with van der Waals surface area (Å²) in [6, 6.07) is 9.05. The molecule has 22 heavy (non-hydrogen) atoms. The van der Waals surface area contributed by atoms with Gasteiger partial charge in [-0.25, -0.2) is 0 Å². The van der Waals surface area contributed by atoms with Gasteiger partial charge in [0.1, 0.15) is 0 Å². The van der Waals surface area contributed by atoms with Crippen LogP contribution in [-0.2, 0) is 17.6 Å². The van der Waals surface area contributed by atoms with Crippen molar-refractivity contribution in [2.75, 3.05) is 0 Å². The number of carboxylic acids is 1. The summed E-state index contributed by atoms with van der Waals surface area (Å²) < 4.78 is 0. The molecule has 0 fully saturated rings. The lowest BCUT2D eigenvalue weighted by atomic mass is 10.1. The van der Waals surface area contributed by atoms with Gasteiger partial charge < -0.3 is 10.4 Å². The molecule has 0 spiro atoms. The number of thiophene rings is 1. The van der Waals surface area contributed by atoms with Crippen LogP contribution in [0.5, 0.6) is 0 Å². The number of benzene rings is 1. The van der Waals surface area contributed by atoms with Gasteiger partial charge in [0.15, 0.2) is 0 Å². The maximum Gasteiger partial charge on any atom is 0.308 e. The average Bonchev–Trinajstić information content (AvgIpc) is 2.88. The van der Waals surface area contributed by atoms with Gasteiger partial charge in [-0.2, -0.15) is 0 Å². The Morgan fingerprint density at radius 2 is 2.05 bits per heavy atom. The third-order valence-electron chi connectivity index (χ3n) is 3.16. The first kappa shape index (κ1) is 16.5. The highest BCUT2D eigenvalue weighted by Gasteiger charge is 2.17. The van der Waals surface area contributed by atoms with Crippen LogP contribution in [0.3, 0.4) is 0 Å². The lowest BCUT2D eigenvalue weighted by Gasteiger charge is -2.15. The second kappa shape index (κ2) is 7.42. The van der Waals surface area contributed by atoms with Crippen molar-refractivity contribution in [1.82, 2.24) is 5.32 Å². The van der Waals surface area contributed by atoms with Crippen LogP contribution in [0.25, 0.3) is 0 Å². The van der Waals surface area contributed by atoms with Gasteiger partial charge >= 0.3 is 5.97 Å². The maximum absolute atomic E-state index is 12.3. The van der Waals surface area contributed by atoms with E-state index in [4.69, 9.17) is 16.7 Å². The van der Waals surface area contributed by atoms with Crippen LogP contribution in [0.15, 0.2) is 35.7 Å². The fourth-order valence-electron chi connectivity index (χ4n) is 2.16. The van der Waals surface area contributed by atoms with Gasteiger partial charge in [-0.15, -0.1) is 11.3 Å². The molecule has 2 N–H and O–H groups in total. The zero-order chi connectivity index (χ0) is 16.1. The van der Waals surface area contributed by atoms with Gasteiger partial charge in [-0.05, 0) is 36.4 Å². The Morgan fingerprint density at radius 1 is 1.32 bits per heavy atom. The highest BCUT2D eigenvalue weighted by molar-refractivity contribution is 7.10. The van der Waals surface area contributed by atoms with Crippen LogP contribution >= 0.6 is 22.9 Å². The van der Waals surface area contributed by atoms with Crippen molar-refractivity contribution in [3.8, 4) is 0 Å². The smallest absolute Gasteiger partial charge is 0.308 e. The van der Waals surface area contributed by atoms with Gasteiger partial charge in [0.2, 0.25) is 0 Å². The molecule has 6 heteroatoms. The summed E-state index contributed by atoms with van der Waals surface area (Å²) in [7, 11) is 0. The van der Waals surface area contributed by atoms with Crippen LogP contribution < -0.4 is 5.32 Å². The first-order valence-electron chi connectivity index (χ1n) is 6.79. The van der Waals surface area contributed by atoms with E-state index < -0.39 is 5.97 Å². The monoisotopic (exact) mass is 337 g/mol. The minimum atomic E-state index is -0.944. The predicted molar refractivity (Wildman–Crippen MR) is 87.7 cm³/mol. The van der Waals surface area contributed by atoms with Crippen molar-refractivity contribution >= 4 is 34.8 Å². The van der Waals surface area contributed by atoms with E-state index in [0.717, 1.165) is 5.56 Å². The molecule has 1 aromatic heterocycles. The summed E-state index contributed by atoms with van der Waals surface area (Å²) >= 11 is 7.39. The van der Waals surface area contributed by atoms with Gasteiger partial charge in [-0.3, -0.25) is 9.59 Å². The number of carbonyl (C=O) groups excluding carboxylic acids is 1. The molecule has 1 atom stereocenters. The Bertz CT molecular complexity index is 684. The zero-order valence-corrected chi connectivity index (χ0v) is 13.6. The zero-order valence-electron chi connectivity index (χ0n) is 12.0. The molecule has 0 aliphatic heterocycles. The highest BCUT2D eigenvalue weighted by atomic mass is 35.5. The molecule has 1 amide bonds. The topological polar surface area (TPSA) is 66.4 Å². The number of nitrogens with one attached hydrogen (secondary N) is 1. The average molecular weight is 338 g/mol. The molecule has 0 bridgehead atoms. The number of amides is 1. The first-order chi connectivity index (χ1) is 10.5. The minimum Gasteiger partial charge on any atom is -0.481 e. The van der Waals surface area contributed by atoms with Crippen molar-refractivity contribution < 1.29 is 14.7 Å². The van der Waals surface area contributed by atoms with E-state index in [1.807, 2.05) is 31.2 Å². The third-order valence-corrected chi connectivity index (χ3v) is 4.45. The number of carbonyl (C=O) groups is 2. The molecule has 116 valence electrons. The second-order valence-electron chi connectivity index (χ2n) is 5.00. The number of rotatable bonds is 6. The molecule has 1 unspecified atom stereocenters. The summed E-state index contributed by atoms with van der Waals surface area (Å²) in [6.45, 7) is 1.89. The summed E-state index contributed by atoms with van der Waals surface area (Å²) in [5.74, 6) is -1.20. The standard InChI is InChI=1S/C16H16ClNO3S/c1-10(8-11-4-2-3-5-13(11)17)18-16(21)12-6-7-22-14(12)9-15(19)20/h2-7,10H,8-9H2,1H3,(H,18,21)(H,19,20). The van der Waals surface area contributed by atoms with Crippen molar-refractivity contribution in [1.29, 1.82) is 0 Å². The maximum atomic E-state index is 12.3. The Kier molecular flexibility index (Phi) is 5.57. The Morgan fingerprint density at radius 3 is 2.73 bits per heavy atom. The van der Waals surface area contributed by atoms with E-state index in [1.54, 1.807) is 11.4 Å². The lowest BCUT2D eigenvalue weighted by Crippen LogP contribution is -2.34. The molecule has 1 aromatic carbocycles. The number of aliphatic carboxylic acids is 1. The lowest BCUT2D eigenvalue weighted by molar-refractivity contribution is -0.136.